The Morgan fingerprint density at radius 3 is 1.45 bits per heavy atom. The quantitative estimate of drug-likeness (QED) is 0.138. The van der Waals surface area contributed by atoms with Crippen molar-refractivity contribution >= 4 is 60.4 Å². The number of hydrogen-bond donors (Lipinski definition) is 0. The fraction of sp³-hybridized carbons (Fsp3) is 0.0154. The number of para-hydroxylation sites is 1. The molecule has 0 amide bonds. The highest BCUT2D eigenvalue weighted by molar-refractivity contribution is 6.10. The van der Waals surface area contributed by atoms with Crippen LogP contribution >= 0.6 is 0 Å². The van der Waals surface area contributed by atoms with Crippen molar-refractivity contribution in [2.45, 2.75) is 6.92 Å². The number of hydrogen-bond acceptors (Lipinski definition) is 1. The maximum absolute atomic E-state index is 3.36. The van der Waals surface area contributed by atoms with Crippen LogP contribution in [-0.4, -0.2) is 4.57 Å². The van der Waals surface area contributed by atoms with Crippen LogP contribution in [0.4, 0.5) is 17.1 Å². The van der Waals surface area contributed by atoms with Gasteiger partial charge in [-0.3, -0.25) is 0 Å². The molecule has 12 rings (SSSR count). The molecule has 0 aliphatic heterocycles. The third-order valence-corrected chi connectivity index (χ3v) is 12.8. The SMILES string of the molecule is C=CC.c1ccc(-c2ccc(N(c3ccc(-c4ccc5c(c4)c4ccccc4n5-c4ccc(-c5ccc6ccccc6c5)cc4)cc3)c3ccc(-c4cccc5ccccc45)cc3)cc2)cc1. The highest BCUT2D eigenvalue weighted by Gasteiger charge is 2.17. The summed E-state index contributed by atoms with van der Waals surface area (Å²) in [5, 5.41) is 7.50. The molecule has 0 unspecified atom stereocenters. The molecule has 12 aromatic rings. The van der Waals surface area contributed by atoms with Gasteiger partial charge in [-0.05, 0) is 146 Å². The van der Waals surface area contributed by atoms with Gasteiger partial charge in [0.2, 0.25) is 0 Å². The van der Waals surface area contributed by atoms with Gasteiger partial charge in [-0.15, -0.1) is 6.58 Å². The van der Waals surface area contributed by atoms with Gasteiger partial charge in [-0.2, -0.15) is 0 Å². The van der Waals surface area contributed by atoms with Gasteiger partial charge in [-0.25, -0.2) is 0 Å². The summed E-state index contributed by atoms with van der Waals surface area (Å²) in [4.78, 5) is 2.35. The van der Waals surface area contributed by atoms with Crippen LogP contribution in [0.25, 0.3) is 93.5 Å². The molecule has 0 radical (unpaired) electrons. The molecule has 1 heterocycles. The Bertz CT molecular complexity index is 3670. The Morgan fingerprint density at radius 2 is 0.776 bits per heavy atom. The first-order valence-corrected chi connectivity index (χ1v) is 23.0. The molecule has 0 aliphatic rings. The molecule has 0 aliphatic carbocycles. The average molecular weight is 857 g/mol. The third-order valence-electron chi connectivity index (χ3n) is 12.8. The highest BCUT2D eigenvalue weighted by atomic mass is 15.1. The number of anilines is 3. The summed E-state index contributed by atoms with van der Waals surface area (Å²) in [6.07, 6.45) is 1.75. The summed E-state index contributed by atoms with van der Waals surface area (Å²) >= 11 is 0. The van der Waals surface area contributed by atoms with Crippen LogP contribution in [0.15, 0.2) is 267 Å². The van der Waals surface area contributed by atoms with E-state index in [4.69, 9.17) is 0 Å². The molecular formula is C65H48N2. The van der Waals surface area contributed by atoms with E-state index in [2.05, 4.69) is 271 Å². The topological polar surface area (TPSA) is 8.17 Å². The minimum Gasteiger partial charge on any atom is -0.311 e. The molecule has 318 valence electrons. The predicted octanol–water partition coefficient (Wildman–Crippen LogP) is 18.4. The van der Waals surface area contributed by atoms with E-state index >= 15 is 0 Å². The number of fused-ring (bicyclic) bond motifs is 5. The first-order chi connectivity index (χ1) is 33.1. The van der Waals surface area contributed by atoms with E-state index in [-0.39, 0.29) is 0 Å². The zero-order chi connectivity index (χ0) is 45.1. The number of nitrogens with zero attached hydrogens (tertiary/aromatic N) is 2. The van der Waals surface area contributed by atoms with Gasteiger partial charge in [0.25, 0.3) is 0 Å². The fourth-order valence-electron chi connectivity index (χ4n) is 9.55. The third kappa shape index (κ3) is 7.96. The van der Waals surface area contributed by atoms with Crippen LogP contribution in [0.5, 0.6) is 0 Å². The summed E-state index contributed by atoms with van der Waals surface area (Å²) < 4.78 is 2.40. The Hall–Kier alpha value is -8.72. The lowest BCUT2D eigenvalue weighted by atomic mass is 9.98. The monoisotopic (exact) mass is 856 g/mol. The van der Waals surface area contributed by atoms with E-state index in [9.17, 15) is 0 Å². The maximum atomic E-state index is 3.36. The molecule has 0 saturated heterocycles. The van der Waals surface area contributed by atoms with Gasteiger partial charge in [-0.1, -0.05) is 188 Å². The minimum atomic E-state index is 1.10. The molecule has 0 spiro atoms. The highest BCUT2D eigenvalue weighted by Crippen LogP contribution is 2.40. The van der Waals surface area contributed by atoms with Crippen LogP contribution in [0.1, 0.15) is 6.92 Å². The molecule has 0 atom stereocenters. The van der Waals surface area contributed by atoms with Crippen molar-refractivity contribution in [3.8, 4) is 50.2 Å². The van der Waals surface area contributed by atoms with Crippen LogP contribution < -0.4 is 4.90 Å². The van der Waals surface area contributed by atoms with Crippen molar-refractivity contribution in [2.75, 3.05) is 4.90 Å². The summed E-state index contributed by atoms with van der Waals surface area (Å²) in [5.41, 5.74) is 16.5. The Balaban J connectivity index is 0.00000161. The van der Waals surface area contributed by atoms with Gasteiger partial charge in [0.1, 0.15) is 0 Å². The standard InChI is InChI=1S/C62H42N2.C3H6/c1-2-11-43(12-3-1)45-23-32-53(33-24-45)63(55-38-29-49(30-39-55)58-19-10-16-48-14-6-7-17-57(48)58)54-34-25-47(26-35-54)52-31-40-62-60(42-52)59-18-8-9-20-61(59)64(62)56-36-27-46(28-37-56)51-22-21-44-13-4-5-15-50(44)41-51;1-3-2/h1-42H;3H,1H2,2H3. The number of aromatic nitrogens is 1. The van der Waals surface area contributed by atoms with Crippen molar-refractivity contribution in [3.05, 3.63) is 267 Å². The van der Waals surface area contributed by atoms with Gasteiger partial charge >= 0.3 is 0 Å². The van der Waals surface area contributed by atoms with Gasteiger partial charge < -0.3 is 9.47 Å². The molecule has 0 fully saturated rings. The lowest BCUT2D eigenvalue weighted by Crippen LogP contribution is -2.09. The molecule has 2 heteroatoms. The van der Waals surface area contributed by atoms with E-state index in [1.54, 1.807) is 6.08 Å². The summed E-state index contributed by atoms with van der Waals surface area (Å²) in [7, 11) is 0. The Kier molecular flexibility index (Phi) is 11.0. The summed E-state index contributed by atoms with van der Waals surface area (Å²) in [5.74, 6) is 0. The second kappa shape index (κ2) is 18.0. The molecule has 0 N–H and O–H groups in total. The van der Waals surface area contributed by atoms with E-state index in [0.717, 1.165) is 22.7 Å². The van der Waals surface area contributed by atoms with Crippen molar-refractivity contribution in [3.63, 3.8) is 0 Å². The largest absolute Gasteiger partial charge is 0.311 e. The molecule has 1 aromatic heterocycles. The van der Waals surface area contributed by atoms with Crippen molar-refractivity contribution < 1.29 is 0 Å². The first kappa shape index (κ1) is 41.0. The average Bonchev–Trinajstić information content (AvgIpc) is 3.73. The smallest absolute Gasteiger partial charge is 0.0541 e. The molecule has 11 aromatic carbocycles. The normalized spacial score (nSPS) is 11.1. The maximum Gasteiger partial charge on any atom is 0.0541 e. The number of rotatable bonds is 8. The van der Waals surface area contributed by atoms with E-state index in [1.165, 1.54) is 87.9 Å². The lowest BCUT2D eigenvalue weighted by Gasteiger charge is -2.26. The van der Waals surface area contributed by atoms with Crippen LogP contribution in [0.2, 0.25) is 0 Å². The van der Waals surface area contributed by atoms with Gasteiger partial charge in [0.15, 0.2) is 0 Å². The Labute approximate surface area is 392 Å². The van der Waals surface area contributed by atoms with Crippen molar-refractivity contribution in [1.29, 1.82) is 0 Å². The van der Waals surface area contributed by atoms with Crippen LogP contribution in [-0.2, 0) is 0 Å². The molecular weight excluding hydrogens is 809 g/mol. The number of allylic oxidation sites excluding steroid dienone is 1. The van der Waals surface area contributed by atoms with Crippen molar-refractivity contribution in [2.24, 2.45) is 0 Å². The molecule has 2 nitrogen and oxygen atoms in total. The number of benzene rings is 11. The van der Waals surface area contributed by atoms with E-state index < -0.39 is 0 Å². The molecule has 0 saturated carbocycles. The zero-order valence-corrected chi connectivity index (χ0v) is 37.4. The fourth-order valence-corrected chi connectivity index (χ4v) is 9.55. The van der Waals surface area contributed by atoms with Gasteiger partial charge in [0, 0.05) is 33.5 Å². The first-order valence-electron chi connectivity index (χ1n) is 23.0. The van der Waals surface area contributed by atoms with Crippen LogP contribution in [0.3, 0.4) is 0 Å². The van der Waals surface area contributed by atoms with Crippen LogP contribution in [0, 0.1) is 0 Å². The minimum absolute atomic E-state index is 1.10. The lowest BCUT2D eigenvalue weighted by molar-refractivity contribution is 1.18. The predicted molar refractivity (Wildman–Crippen MR) is 288 cm³/mol. The second-order valence-corrected chi connectivity index (χ2v) is 17.0. The second-order valence-electron chi connectivity index (χ2n) is 17.0. The molecule has 0 bridgehead atoms. The Morgan fingerprint density at radius 1 is 0.328 bits per heavy atom. The zero-order valence-electron chi connectivity index (χ0n) is 37.4. The van der Waals surface area contributed by atoms with Crippen molar-refractivity contribution in [1.82, 2.24) is 4.57 Å². The van der Waals surface area contributed by atoms with E-state index in [1.807, 2.05) is 6.92 Å². The molecule has 67 heavy (non-hydrogen) atoms. The van der Waals surface area contributed by atoms with E-state index in [0.29, 0.717) is 0 Å². The van der Waals surface area contributed by atoms with Gasteiger partial charge in [0.05, 0.1) is 11.0 Å². The summed E-state index contributed by atoms with van der Waals surface area (Å²) in [6.45, 7) is 5.25. The summed E-state index contributed by atoms with van der Waals surface area (Å²) in [6, 6.07) is 92.6.